The highest BCUT2D eigenvalue weighted by Gasteiger charge is 2.21. The van der Waals surface area contributed by atoms with Gasteiger partial charge in [-0.15, -0.1) is 11.3 Å². The van der Waals surface area contributed by atoms with E-state index < -0.39 is 0 Å². The van der Waals surface area contributed by atoms with Crippen LogP contribution in [0.15, 0.2) is 24.3 Å². The van der Waals surface area contributed by atoms with E-state index in [1.807, 2.05) is 6.07 Å². The lowest BCUT2D eigenvalue weighted by Crippen LogP contribution is -2.33. The molecule has 0 aliphatic carbocycles. The molecule has 98 valence electrons. The van der Waals surface area contributed by atoms with Gasteiger partial charge in [0.05, 0.1) is 10.2 Å². The van der Waals surface area contributed by atoms with Gasteiger partial charge in [0.25, 0.3) is 0 Å². The number of rotatable bonds is 5. The second kappa shape index (κ2) is 5.37. The van der Waals surface area contributed by atoms with Crippen molar-refractivity contribution in [2.45, 2.75) is 34.2 Å². The number of para-hydroxylation sites is 1. The highest BCUT2D eigenvalue weighted by atomic mass is 32.1. The van der Waals surface area contributed by atoms with Gasteiger partial charge in [0.15, 0.2) is 0 Å². The molecule has 0 fully saturated rings. The summed E-state index contributed by atoms with van der Waals surface area (Å²) in [6.07, 6.45) is 0. The second-order valence-electron chi connectivity index (χ2n) is 5.82. The molecule has 0 unspecified atom stereocenters. The van der Waals surface area contributed by atoms with E-state index in [4.69, 9.17) is 0 Å². The molecule has 0 saturated carbocycles. The Morgan fingerprint density at radius 1 is 1.28 bits per heavy atom. The molecule has 18 heavy (non-hydrogen) atoms. The van der Waals surface area contributed by atoms with Gasteiger partial charge in [0.1, 0.15) is 5.01 Å². The lowest BCUT2D eigenvalue weighted by Gasteiger charge is -2.29. The quantitative estimate of drug-likeness (QED) is 0.878. The smallest absolute Gasteiger partial charge is 0.108 e. The van der Waals surface area contributed by atoms with Crippen molar-refractivity contribution in [1.29, 1.82) is 0 Å². The van der Waals surface area contributed by atoms with Crippen molar-refractivity contribution >= 4 is 21.6 Å². The predicted octanol–water partition coefficient (Wildman–Crippen LogP) is 4.07. The lowest BCUT2D eigenvalue weighted by atomic mass is 9.81. The van der Waals surface area contributed by atoms with Crippen LogP contribution < -0.4 is 5.32 Å². The van der Waals surface area contributed by atoms with Gasteiger partial charge < -0.3 is 5.32 Å². The molecule has 1 N–H and O–H groups in total. The molecule has 2 nitrogen and oxygen atoms in total. The fourth-order valence-corrected chi connectivity index (χ4v) is 2.63. The molecule has 0 bridgehead atoms. The van der Waals surface area contributed by atoms with Gasteiger partial charge in [-0.25, -0.2) is 4.98 Å². The molecule has 0 amide bonds. The zero-order valence-corrected chi connectivity index (χ0v) is 12.5. The van der Waals surface area contributed by atoms with E-state index in [1.54, 1.807) is 11.3 Å². The van der Waals surface area contributed by atoms with Crippen molar-refractivity contribution in [1.82, 2.24) is 10.3 Å². The first-order valence-electron chi connectivity index (χ1n) is 6.54. The van der Waals surface area contributed by atoms with E-state index in [2.05, 4.69) is 56.2 Å². The van der Waals surface area contributed by atoms with E-state index in [1.165, 1.54) is 9.71 Å². The monoisotopic (exact) mass is 262 g/mol. The summed E-state index contributed by atoms with van der Waals surface area (Å²) in [7, 11) is 0. The van der Waals surface area contributed by atoms with Crippen LogP contribution in [0.1, 0.15) is 32.7 Å². The summed E-state index contributed by atoms with van der Waals surface area (Å²) in [5.74, 6) is 0.681. The fraction of sp³-hybridized carbons (Fsp3) is 0.533. The number of nitrogens with one attached hydrogen (secondary N) is 1. The Labute approximate surface area is 113 Å². The van der Waals surface area contributed by atoms with E-state index in [0.717, 1.165) is 18.6 Å². The number of thiazole rings is 1. The number of benzene rings is 1. The Bertz CT molecular complexity index is 481. The molecule has 3 heteroatoms. The van der Waals surface area contributed by atoms with Crippen LogP contribution in [0.3, 0.4) is 0 Å². The minimum absolute atomic E-state index is 0.330. The number of aromatic nitrogens is 1. The van der Waals surface area contributed by atoms with E-state index in [0.29, 0.717) is 11.3 Å². The minimum Gasteiger partial charge on any atom is -0.310 e. The number of nitrogens with zero attached hydrogens (tertiary/aromatic N) is 1. The Kier molecular flexibility index (Phi) is 4.03. The largest absolute Gasteiger partial charge is 0.310 e. The first-order chi connectivity index (χ1) is 8.49. The minimum atomic E-state index is 0.330. The summed E-state index contributed by atoms with van der Waals surface area (Å²) >= 11 is 1.78. The Balaban J connectivity index is 1.94. The zero-order chi connectivity index (χ0) is 13.2. The van der Waals surface area contributed by atoms with Crippen molar-refractivity contribution < 1.29 is 0 Å². The molecule has 1 aromatic carbocycles. The van der Waals surface area contributed by atoms with Crippen molar-refractivity contribution in [3.8, 4) is 0 Å². The summed E-state index contributed by atoms with van der Waals surface area (Å²) in [6.45, 7) is 11.1. The van der Waals surface area contributed by atoms with Crippen LogP contribution >= 0.6 is 11.3 Å². The van der Waals surface area contributed by atoms with E-state index in [-0.39, 0.29) is 0 Å². The molecule has 1 heterocycles. The topological polar surface area (TPSA) is 24.9 Å². The molecule has 0 spiro atoms. The fourth-order valence-electron chi connectivity index (χ4n) is 1.69. The average molecular weight is 262 g/mol. The summed E-state index contributed by atoms with van der Waals surface area (Å²) in [5.41, 5.74) is 1.44. The summed E-state index contributed by atoms with van der Waals surface area (Å²) in [4.78, 5) is 4.63. The maximum Gasteiger partial charge on any atom is 0.108 e. The Hall–Kier alpha value is -0.930. The number of hydrogen-bond donors (Lipinski definition) is 1. The van der Waals surface area contributed by atoms with Gasteiger partial charge >= 0.3 is 0 Å². The normalized spacial score (nSPS) is 12.5. The molecule has 2 rings (SSSR count). The zero-order valence-electron chi connectivity index (χ0n) is 11.7. The third-order valence-electron chi connectivity index (χ3n) is 3.76. The van der Waals surface area contributed by atoms with Gasteiger partial charge in [-0.1, -0.05) is 39.8 Å². The van der Waals surface area contributed by atoms with Crippen molar-refractivity contribution in [2.75, 3.05) is 6.54 Å². The molecule has 0 aliphatic heterocycles. The number of fused-ring (bicyclic) bond motifs is 1. The molecule has 0 aliphatic rings. The first-order valence-corrected chi connectivity index (χ1v) is 7.36. The van der Waals surface area contributed by atoms with Crippen molar-refractivity contribution in [2.24, 2.45) is 11.3 Å². The van der Waals surface area contributed by atoms with Crippen LogP contribution in [-0.4, -0.2) is 11.5 Å². The second-order valence-corrected chi connectivity index (χ2v) is 6.94. The maximum atomic E-state index is 4.63. The van der Waals surface area contributed by atoms with Crippen LogP contribution in [0.4, 0.5) is 0 Å². The maximum absolute atomic E-state index is 4.63. The first kappa shape index (κ1) is 13.5. The molecule has 2 aromatic rings. The van der Waals surface area contributed by atoms with Gasteiger partial charge in [-0.05, 0) is 23.5 Å². The molecule has 0 atom stereocenters. The van der Waals surface area contributed by atoms with Crippen LogP contribution in [0.2, 0.25) is 0 Å². The lowest BCUT2D eigenvalue weighted by molar-refractivity contribution is 0.238. The van der Waals surface area contributed by atoms with Gasteiger partial charge in [0.2, 0.25) is 0 Å². The van der Waals surface area contributed by atoms with Crippen LogP contribution in [0.5, 0.6) is 0 Å². The van der Waals surface area contributed by atoms with Crippen molar-refractivity contribution in [3.63, 3.8) is 0 Å². The molecule has 0 radical (unpaired) electrons. The van der Waals surface area contributed by atoms with Crippen LogP contribution in [-0.2, 0) is 6.54 Å². The SMILES string of the molecule is CC(C)C(C)(C)CNCc1nc2ccccc2s1. The standard InChI is InChI=1S/C15H22N2S/c1-11(2)15(3,4)10-16-9-14-17-12-7-5-6-8-13(12)18-14/h5-8,11,16H,9-10H2,1-4H3. The molecule has 1 aromatic heterocycles. The molecule has 0 saturated heterocycles. The average Bonchev–Trinajstić information content (AvgIpc) is 2.70. The van der Waals surface area contributed by atoms with Gasteiger partial charge in [-0.3, -0.25) is 0 Å². The van der Waals surface area contributed by atoms with Crippen molar-refractivity contribution in [3.05, 3.63) is 29.3 Å². The Morgan fingerprint density at radius 3 is 2.67 bits per heavy atom. The highest BCUT2D eigenvalue weighted by Crippen LogP contribution is 2.25. The number of hydrogen-bond acceptors (Lipinski definition) is 3. The Morgan fingerprint density at radius 2 is 2.00 bits per heavy atom. The van der Waals surface area contributed by atoms with Crippen LogP contribution in [0, 0.1) is 11.3 Å². The predicted molar refractivity (Wildman–Crippen MR) is 79.9 cm³/mol. The van der Waals surface area contributed by atoms with Crippen LogP contribution in [0.25, 0.3) is 10.2 Å². The molecular formula is C15H22N2S. The summed E-state index contributed by atoms with van der Waals surface area (Å²) in [6, 6.07) is 8.32. The van der Waals surface area contributed by atoms with E-state index in [9.17, 15) is 0 Å². The molecular weight excluding hydrogens is 240 g/mol. The third kappa shape index (κ3) is 3.09. The highest BCUT2D eigenvalue weighted by molar-refractivity contribution is 7.18. The van der Waals surface area contributed by atoms with Gasteiger partial charge in [0, 0.05) is 13.1 Å². The van der Waals surface area contributed by atoms with Gasteiger partial charge in [-0.2, -0.15) is 0 Å². The third-order valence-corrected chi connectivity index (χ3v) is 4.79. The summed E-state index contributed by atoms with van der Waals surface area (Å²) in [5, 5.41) is 4.71. The summed E-state index contributed by atoms with van der Waals surface area (Å²) < 4.78 is 1.28. The van der Waals surface area contributed by atoms with E-state index >= 15 is 0 Å².